The van der Waals surface area contributed by atoms with E-state index in [1.807, 2.05) is 31.2 Å². The normalized spacial score (nSPS) is 21.6. The fourth-order valence-electron chi connectivity index (χ4n) is 2.23. The first-order valence-corrected chi connectivity index (χ1v) is 6.66. The minimum absolute atomic E-state index is 0.0260. The second-order valence-corrected chi connectivity index (χ2v) is 5.37. The van der Waals surface area contributed by atoms with Gasteiger partial charge in [-0.1, -0.05) is 17.7 Å². The van der Waals surface area contributed by atoms with E-state index in [1.54, 1.807) is 11.9 Å². The third kappa shape index (κ3) is 3.96. The number of aliphatic hydroxyl groups excluding tert-OH is 1. The number of carbonyl (C=O) groups is 1. The molecule has 4 nitrogen and oxygen atoms in total. The standard InChI is InChI=1S/C15H21NO3/c1-11-3-5-14(6-4-11)19-10-15(18)16(2)9-12-7-13(17)8-12/h3-6,12-13,17H,7-10H2,1-2H3. The highest BCUT2D eigenvalue weighted by Gasteiger charge is 2.29. The average molecular weight is 263 g/mol. The maximum absolute atomic E-state index is 11.9. The smallest absolute Gasteiger partial charge is 0.260 e. The lowest BCUT2D eigenvalue weighted by Gasteiger charge is -2.34. The molecule has 1 aliphatic carbocycles. The fourth-order valence-corrected chi connectivity index (χ4v) is 2.23. The molecule has 4 heteroatoms. The molecule has 1 aromatic rings. The van der Waals surface area contributed by atoms with Gasteiger partial charge in [0.1, 0.15) is 5.75 Å². The molecule has 1 aliphatic rings. The van der Waals surface area contributed by atoms with E-state index in [2.05, 4.69) is 0 Å². The number of hydrogen-bond donors (Lipinski definition) is 1. The molecule has 1 fully saturated rings. The Balaban J connectivity index is 1.72. The van der Waals surface area contributed by atoms with E-state index in [1.165, 1.54) is 5.56 Å². The van der Waals surface area contributed by atoms with Crippen molar-refractivity contribution in [1.82, 2.24) is 4.90 Å². The Morgan fingerprint density at radius 2 is 2.00 bits per heavy atom. The topological polar surface area (TPSA) is 49.8 Å². The van der Waals surface area contributed by atoms with E-state index in [0.29, 0.717) is 18.2 Å². The third-order valence-electron chi connectivity index (χ3n) is 3.55. The van der Waals surface area contributed by atoms with Gasteiger partial charge in [0.05, 0.1) is 6.10 Å². The number of amides is 1. The van der Waals surface area contributed by atoms with Gasteiger partial charge >= 0.3 is 0 Å². The Labute approximate surface area is 114 Å². The van der Waals surface area contributed by atoms with Gasteiger partial charge in [0.25, 0.3) is 5.91 Å². The van der Waals surface area contributed by atoms with Crippen molar-refractivity contribution < 1.29 is 14.6 Å². The summed E-state index contributed by atoms with van der Waals surface area (Å²) in [5.41, 5.74) is 1.17. The Bertz CT molecular complexity index is 424. The van der Waals surface area contributed by atoms with E-state index in [-0.39, 0.29) is 18.6 Å². The second-order valence-electron chi connectivity index (χ2n) is 5.37. The molecular weight excluding hydrogens is 242 g/mol. The fraction of sp³-hybridized carbons (Fsp3) is 0.533. The second kappa shape index (κ2) is 6.06. The van der Waals surface area contributed by atoms with Crippen molar-refractivity contribution in [3.05, 3.63) is 29.8 Å². The predicted molar refractivity (Wildman–Crippen MR) is 73.0 cm³/mol. The molecular formula is C15H21NO3. The van der Waals surface area contributed by atoms with Crippen LogP contribution in [0.5, 0.6) is 5.75 Å². The molecule has 0 unspecified atom stereocenters. The zero-order valence-corrected chi connectivity index (χ0v) is 11.5. The van der Waals surface area contributed by atoms with Crippen LogP contribution in [-0.2, 0) is 4.79 Å². The lowest BCUT2D eigenvalue weighted by molar-refractivity contribution is -0.133. The first-order valence-electron chi connectivity index (χ1n) is 6.66. The molecule has 104 valence electrons. The molecule has 0 bridgehead atoms. The zero-order valence-electron chi connectivity index (χ0n) is 11.5. The number of aliphatic hydroxyl groups is 1. The van der Waals surface area contributed by atoms with Crippen LogP contribution in [0.25, 0.3) is 0 Å². The monoisotopic (exact) mass is 263 g/mol. The summed E-state index contributed by atoms with van der Waals surface area (Å²) in [6, 6.07) is 7.65. The highest BCUT2D eigenvalue weighted by Crippen LogP contribution is 2.27. The van der Waals surface area contributed by atoms with E-state index < -0.39 is 0 Å². The molecule has 0 atom stereocenters. The first kappa shape index (κ1) is 13.9. The molecule has 0 spiro atoms. The number of carbonyl (C=O) groups excluding carboxylic acids is 1. The van der Waals surface area contributed by atoms with Crippen molar-refractivity contribution in [2.24, 2.45) is 5.92 Å². The number of rotatable bonds is 5. The lowest BCUT2D eigenvalue weighted by atomic mass is 9.82. The van der Waals surface area contributed by atoms with Crippen LogP contribution in [0.4, 0.5) is 0 Å². The van der Waals surface area contributed by atoms with E-state index in [4.69, 9.17) is 4.74 Å². The Morgan fingerprint density at radius 3 is 2.58 bits per heavy atom. The number of hydrogen-bond acceptors (Lipinski definition) is 3. The van der Waals surface area contributed by atoms with Crippen molar-refractivity contribution in [1.29, 1.82) is 0 Å². The van der Waals surface area contributed by atoms with Gasteiger partial charge in [-0.05, 0) is 37.8 Å². The highest BCUT2D eigenvalue weighted by atomic mass is 16.5. The Kier molecular flexibility index (Phi) is 4.43. The molecule has 1 aromatic carbocycles. The number of aryl methyl sites for hydroxylation is 1. The van der Waals surface area contributed by atoms with Crippen molar-refractivity contribution in [2.45, 2.75) is 25.9 Å². The number of ether oxygens (including phenoxy) is 1. The van der Waals surface area contributed by atoms with Gasteiger partial charge in [0.2, 0.25) is 0 Å². The van der Waals surface area contributed by atoms with Gasteiger partial charge in [-0.25, -0.2) is 0 Å². The van der Waals surface area contributed by atoms with Crippen LogP contribution in [-0.4, -0.2) is 42.2 Å². The van der Waals surface area contributed by atoms with Gasteiger partial charge in [-0.3, -0.25) is 4.79 Å². The van der Waals surface area contributed by atoms with Gasteiger partial charge in [-0.2, -0.15) is 0 Å². The van der Waals surface area contributed by atoms with E-state index in [0.717, 1.165) is 12.8 Å². The van der Waals surface area contributed by atoms with Gasteiger partial charge < -0.3 is 14.7 Å². The van der Waals surface area contributed by atoms with Crippen molar-refractivity contribution in [3.63, 3.8) is 0 Å². The van der Waals surface area contributed by atoms with Gasteiger partial charge in [0.15, 0.2) is 6.61 Å². The van der Waals surface area contributed by atoms with Crippen molar-refractivity contribution in [3.8, 4) is 5.75 Å². The lowest BCUT2D eigenvalue weighted by Crippen LogP contribution is -2.41. The maximum Gasteiger partial charge on any atom is 0.260 e. The molecule has 1 saturated carbocycles. The third-order valence-corrected chi connectivity index (χ3v) is 3.55. The molecule has 0 saturated heterocycles. The summed E-state index contributed by atoms with van der Waals surface area (Å²) in [4.78, 5) is 13.6. The molecule has 0 radical (unpaired) electrons. The summed E-state index contributed by atoms with van der Waals surface area (Å²) in [7, 11) is 1.78. The number of benzene rings is 1. The summed E-state index contributed by atoms with van der Waals surface area (Å²) < 4.78 is 5.46. The largest absolute Gasteiger partial charge is 0.484 e. The van der Waals surface area contributed by atoms with Crippen LogP contribution in [0.3, 0.4) is 0 Å². The molecule has 1 amide bonds. The van der Waals surface area contributed by atoms with Gasteiger partial charge in [0, 0.05) is 13.6 Å². The van der Waals surface area contributed by atoms with Crippen LogP contribution in [0, 0.1) is 12.8 Å². The van der Waals surface area contributed by atoms with Crippen LogP contribution in [0.1, 0.15) is 18.4 Å². The van der Waals surface area contributed by atoms with E-state index in [9.17, 15) is 9.90 Å². The molecule has 1 N–H and O–H groups in total. The number of likely N-dealkylation sites (N-methyl/N-ethyl adjacent to an activating group) is 1. The van der Waals surface area contributed by atoms with Crippen molar-refractivity contribution in [2.75, 3.05) is 20.2 Å². The Morgan fingerprint density at radius 1 is 1.37 bits per heavy atom. The molecule has 19 heavy (non-hydrogen) atoms. The number of nitrogens with zero attached hydrogens (tertiary/aromatic N) is 1. The summed E-state index contributed by atoms with van der Waals surface area (Å²) >= 11 is 0. The summed E-state index contributed by atoms with van der Waals surface area (Å²) in [6.07, 6.45) is 1.43. The molecule has 2 rings (SSSR count). The minimum Gasteiger partial charge on any atom is -0.484 e. The SMILES string of the molecule is Cc1ccc(OCC(=O)N(C)CC2CC(O)C2)cc1. The highest BCUT2D eigenvalue weighted by molar-refractivity contribution is 5.77. The molecule has 0 aliphatic heterocycles. The summed E-state index contributed by atoms with van der Waals surface area (Å²) in [5.74, 6) is 1.12. The summed E-state index contributed by atoms with van der Waals surface area (Å²) in [5, 5.41) is 9.22. The maximum atomic E-state index is 11.9. The molecule has 0 aromatic heterocycles. The first-order chi connectivity index (χ1) is 9.04. The van der Waals surface area contributed by atoms with Crippen LogP contribution in [0.15, 0.2) is 24.3 Å². The minimum atomic E-state index is -0.169. The van der Waals surface area contributed by atoms with Crippen molar-refractivity contribution >= 4 is 5.91 Å². The molecule has 0 heterocycles. The average Bonchev–Trinajstić information content (AvgIpc) is 2.35. The Hall–Kier alpha value is -1.55. The summed E-state index contributed by atoms with van der Waals surface area (Å²) in [6.45, 7) is 2.78. The zero-order chi connectivity index (χ0) is 13.8. The van der Waals surface area contributed by atoms with Crippen LogP contribution < -0.4 is 4.74 Å². The van der Waals surface area contributed by atoms with Crippen LogP contribution >= 0.6 is 0 Å². The van der Waals surface area contributed by atoms with Crippen LogP contribution in [0.2, 0.25) is 0 Å². The quantitative estimate of drug-likeness (QED) is 0.878. The predicted octanol–water partition coefficient (Wildman–Crippen LogP) is 1.60. The van der Waals surface area contributed by atoms with E-state index >= 15 is 0 Å². The van der Waals surface area contributed by atoms with Gasteiger partial charge in [-0.15, -0.1) is 0 Å².